The van der Waals surface area contributed by atoms with Crippen molar-refractivity contribution >= 4 is 42.2 Å². The second-order valence-corrected chi connectivity index (χ2v) is 8.32. The molecule has 0 bridgehead atoms. The van der Waals surface area contributed by atoms with Gasteiger partial charge in [0.25, 0.3) is 0 Å². The van der Waals surface area contributed by atoms with E-state index in [9.17, 15) is 4.57 Å². The van der Waals surface area contributed by atoms with Crippen molar-refractivity contribution in [2.45, 2.75) is 13.8 Å². The van der Waals surface area contributed by atoms with Gasteiger partial charge in [-0.25, -0.2) is 4.57 Å². The van der Waals surface area contributed by atoms with Crippen molar-refractivity contribution in [3.8, 4) is 0 Å². The smallest absolute Gasteiger partial charge is 0.330 e. The maximum Gasteiger partial charge on any atom is 0.389 e. The number of hydrogen-bond donors (Lipinski definition) is 0. The molecule has 0 atom stereocenters. The maximum absolute atomic E-state index is 12.0. The third-order valence-corrected chi connectivity index (χ3v) is 5.55. The van der Waals surface area contributed by atoms with Crippen LogP contribution in [0, 0.1) is 0 Å². The first-order chi connectivity index (χ1) is 6.83. The lowest BCUT2D eigenvalue weighted by Crippen LogP contribution is -2.36. The van der Waals surface area contributed by atoms with E-state index in [1.165, 1.54) is 11.4 Å². The number of nitrogens with zero attached hydrogens (tertiary/aromatic N) is 1. The van der Waals surface area contributed by atoms with Crippen LogP contribution in [0.3, 0.4) is 0 Å². The molecule has 0 amide bonds. The fraction of sp³-hybridized carbons (Fsp3) is 1.00. The molecule has 4 nitrogen and oxygen atoms in total. The van der Waals surface area contributed by atoms with Gasteiger partial charge in [0.15, 0.2) is 0 Å². The average Bonchev–Trinajstić information content (AvgIpc) is 2.01. The molecule has 0 fully saturated rings. The Hall–Kier alpha value is 1.19. The Balaban J connectivity index is 0. The molecule has 7 heteroatoms. The zero-order valence-electron chi connectivity index (χ0n) is 10.8. The minimum absolute atomic E-state index is 0. The number of halogens is 1. The van der Waals surface area contributed by atoms with Crippen molar-refractivity contribution in [2.24, 2.45) is 0 Å². The van der Waals surface area contributed by atoms with Crippen molar-refractivity contribution in [1.82, 2.24) is 0 Å². The number of quaternary nitrogens is 1. The molecule has 0 saturated heterocycles. The van der Waals surface area contributed by atoms with E-state index in [1.54, 1.807) is 0 Å². The van der Waals surface area contributed by atoms with Crippen LogP contribution in [0.4, 0.5) is 0 Å². The minimum Gasteiger partial charge on any atom is -0.330 e. The van der Waals surface area contributed by atoms with Crippen molar-refractivity contribution in [3.63, 3.8) is 0 Å². The molecular weight excluding hydrogens is 360 g/mol. The van der Waals surface area contributed by atoms with Gasteiger partial charge in [-0.3, -0.25) is 0 Å². The number of rotatable bonds is 8. The largest absolute Gasteiger partial charge is 0.389 e. The van der Waals surface area contributed by atoms with E-state index in [-0.39, 0.29) is 24.0 Å². The Morgan fingerprint density at radius 3 is 1.88 bits per heavy atom. The third kappa shape index (κ3) is 10.4. The van der Waals surface area contributed by atoms with Crippen molar-refractivity contribution in [1.29, 1.82) is 0 Å². The molecule has 0 aliphatic heterocycles. The molecule has 0 radical (unpaired) electrons. The maximum atomic E-state index is 12.0. The average molecular weight is 384 g/mol. The summed E-state index contributed by atoms with van der Waals surface area (Å²) in [5, 5.41) is 0. The van der Waals surface area contributed by atoms with Gasteiger partial charge < -0.3 is 13.5 Å². The molecule has 0 N–H and O–H groups in total. The molecule has 0 aliphatic carbocycles. The lowest BCUT2D eigenvalue weighted by Gasteiger charge is -2.24. The highest BCUT2D eigenvalue weighted by molar-refractivity contribution is 14.0. The minimum atomic E-state index is -2.90. The molecule has 0 aromatic heterocycles. The van der Waals surface area contributed by atoms with Crippen LogP contribution in [0.5, 0.6) is 0 Å². The van der Waals surface area contributed by atoms with Crippen molar-refractivity contribution < 1.29 is 18.1 Å². The van der Waals surface area contributed by atoms with Crippen LogP contribution in [0.2, 0.25) is 0 Å². The van der Waals surface area contributed by atoms with Crippen molar-refractivity contribution in [3.05, 3.63) is 0 Å². The monoisotopic (exact) mass is 384 g/mol. The van der Waals surface area contributed by atoms with Gasteiger partial charge in [-0.15, -0.1) is 24.0 Å². The molecule has 0 aromatic rings. The van der Waals surface area contributed by atoms with Gasteiger partial charge in [-0.1, -0.05) is 0 Å². The van der Waals surface area contributed by atoms with Crippen LogP contribution < -0.4 is 0 Å². The van der Waals surface area contributed by atoms with E-state index in [4.69, 9.17) is 9.05 Å². The lowest BCUT2D eigenvalue weighted by atomic mass is 10.6. The van der Waals surface area contributed by atoms with Crippen LogP contribution in [0.15, 0.2) is 0 Å². The SMILES string of the molecule is CCOP(=O)(OCC)SCC[N+](C)(C)C.I. The summed E-state index contributed by atoms with van der Waals surface area (Å²) in [4.78, 5) is 0. The highest BCUT2D eigenvalue weighted by atomic mass is 127. The Morgan fingerprint density at radius 1 is 1.12 bits per heavy atom. The zero-order chi connectivity index (χ0) is 11.9. The predicted molar refractivity (Wildman–Crippen MR) is 81.6 cm³/mol. The summed E-state index contributed by atoms with van der Waals surface area (Å²) >= 11 is 1.30. The van der Waals surface area contributed by atoms with Gasteiger partial charge in [-0.2, -0.15) is 0 Å². The second-order valence-electron chi connectivity index (χ2n) is 4.13. The van der Waals surface area contributed by atoms with Gasteiger partial charge in [0.2, 0.25) is 0 Å². The van der Waals surface area contributed by atoms with E-state index in [0.717, 1.165) is 16.8 Å². The molecule has 0 unspecified atom stereocenters. The summed E-state index contributed by atoms with van der Waals surface area (Å²) < 4.78 is 23.2. The van der Waals surface area contributed by atoms with E-state index in [0.29, 0.717) is 13.2 Å². The highest BCUT2D eigenvalue weighted by Gasteiger charge is 2.25. The molecule has 0 rings (SSSR count). The van der Waals surface area contributed by atoms with Gasteiger partial charge >= 0.3 is 6.80 Å². The Bertz CT molecular complexity index is 213. The standard InChI is InChI=1S/C9H23NO3PS.HI/c1-6-12-14(11,13-7-2)15-9-8-10(3,4)5;/h6-9H2,1-5H3;1H/q+1;. The van der Waals surface area contributed by atoms with Crippen LogP contribution in [0.25, 0.3) is 0 Å². The van der Waals surface area contributed by atoms with Crippen LogP contribution in [-0.4, -0.2) is 51.1 Å². The van der Waals surface area contributed by atoms with E-state index in [2.05, 4.69) is 21.1 Å². The second kappa shape index (κ2) is 9.16. The lowest BCUT2D eigenvalue weighted by molar-refractivity contribution is -0.867. The van der Waals surface area contributed by atoms with E-state index in [1.807, 2.05) is 13.8 Å². The van der Waals surface area contributed by atoms with Gasteiger partial charge in [0.05, 0.1) is 46.7 Å². The third-order valence-electron chi connectivity index (χ3n) is 1.59. The predicted octanol–water partition coefficient (Wildman–Crippen LogP) is 3.22. The first-order valence-electron chi connectivity index (χ1n) is 5.17. The summed E-state index contributed by atoms with van der Waals surface area (Å²) in [5.74, 6) is 0.779. The molecule has 16 heavy (non-hydrogen) atoms. The van der Waals surface area contributed by atoms with Gasteiger partial charge in [-0.05, 0) is 25.2 Å². The van der Waals surface area contributed by atoms with Crippen molar-refractivity contribution in [2.75, 3.05) is 46.7 Å². The van der Waals surface area contributed by atoms with Gasteiger partial charge in [0.1, 0.15) is 0 Å². The van der Waals surface area contributed by atoms with Crippen LogP contribution in [-0.2, 0) is 13.6 Å². The zero-order valence-corrected chi connectivity index (χ0v) is 14.8. The first kappa shape index (κ1) is 19.5. The summed E-state index contributed by atoms with van der Waals surface area (Å²) in [6.07, 6.45) is 0. The fourth-order valence-electron chi connectivity index (χ4n) is 0.855. The summed E-state index contributed by atoms with van der Waals surface area (Å²) in [6, 6.07) is 0. The number of hydrogen-bond acceptors (Lipinski definition) is 4. The molecule has 0 aliphatic rings. The molecular formula is C9H24INO3PS+. The normalized spacial score (nSPS) is 12.3. The molecule has 0 aromatic carbocycles. The summed E-state index contributed by atoms with van der Waals surface area (Å²) in [5.41, 5.74) is 0. The first-order valence-corrected chi connectivity index (χ1v) is 8.30. The highest BCUT2D eigenvalue weighted by Crippen LogP contribution is 2.60. The summed E-state index contributed by atoms with van der Waals surface area (Å²) in [6.45, 7) is 2.54. The van der Waals surface area contributed by atoms with Gasteiger partial charge in [0, 0.05) is 0 Å². The molecule has 100 valence electrons. The fourth-order valence-corrected chi connectivity index (χ4v) is 4.56. The summed E-state index contributed by atoms with van der Waals surface area (Å²) in [7, 11) is 6.31. The Morgan fingerprint density at radius 2 is 1.56 bits per heavy atom. The molecule has 0 saturated carbocycles. The van der Waals surface area contributed by atoms with E-state index >= 15 is 0 Å². The van der Waals surface area contributed by atoms with Crippen LogP contribution >= 0.6 is 42.2 Å². The Kier molecular flexibility index (Phi) is 11.2. The van der Waals surface area contributed by atoms with Crippen LogP contribution in [0.1, 0.15) is 13.8 Å². The topological polar surface area (TPSA) is 35.5 Å². The quantitative estimate of drug-likeness (QED) is 0.366. The molecule has 0 spiro atoms. The Labute approximate surface area is 120 Å². The molecule has 0 heterocycles. The van der Waals surface area contributed by atoms with E-state index < -0.39 is 6.80 Å².